The third-order valence-electron chi connectivity index (χ3n) is 6.45. The molecule has 1 aromatic carbocycles. The van der Waals surface area contributed by atoms with Crippen molar-refractivity contribution in [2.45, 2.75) is 26.7 Å². The van der Waals surface area contributed by atoms with E-state index in [1.165, 1.54) is 4.31 Å². The smallest absolute Gasteiger partial charge is 0.255 e. The van der Waals surface area contributed by atoms with Gasteiger partial charge in [-0.25, -0.2) is 13.4 Å². The maximum atomic E-state index is 13.2. The van der Waals surface area contributed by atoms with E-state index >= 15 is 0 Å². The number of amides is 2. The molecule has 4 rings (SSSR count). The van der Waals surface area contributed by atoms with E-state index < -0.39 is 10.0 Å². The van der Waals surface area contributed by atoms with Gasteiger partial charge in [-0.15, -0.1) is 0 Å². The van der Waals surface area contributed by atoms with Gasteiger partial charge in [0.15, 0.2) is 0 Å². The second kappa shape index (κ2) is 10.2. The van der Waals surface area contributed by atoms with Gasteiger partial charge in [0.05, 0.1) is 17.0 Å². The van der Waals surface area contributed by atoms with Gasteiger partial charge in [-0.1, -0.05) is 30.3 Å². The molecule has 0 N–H and O–H groups in total. The van der Waals surface area contributed by atoms with Crippen LogP contribution in [-0.2, 0) is 21.2 Å². The topological polar surface area (TPSA) is 95.3 Å². The third-order valence-corrected chi connectivity index (χ3v) is 8.34. The van der Waals surface area contributed by atoms with Crippen LogP contribution in [0.3, 0.4) is 0 Å². The maximum Gasteiger partial charge on any atom is 0.255 e. The van der Waals surface area contributed by atoms with Gasteiger partial charge < -0.3 is 4.90 Å². The lowest BCUT2D eigenvalue weighted by Crippen LogP contribution is -2.50. The van der Waals surface area contributed by atoms with Gasteiger partial charge in [0.1, 0.15) is 11.5 Å². The van der Waals surface area contributed by atoms with Crippen LogP contribution in [0.2, 0.25) is 0 Å². The Kier molecular flexibility index (Phi) is 7.23. The van der Waals surface area contributed by atoms with E-state index in [2.05, 4.69) is 4.98 Å². The quantitative estimate of drug-likeness (QED) is 0.499. The Hall–Kier alpha value is -3.24. The molecule has 0 aliphatic carbocycles. The van der Waals surface area contributed by atoms with Crippen molar-refractivity contribution in [2.24, 2.45) is 0 Å². The Bertz CT molecular complexity index is 1330. The minimum Gasteiger partial charge on any atom is -0.336 e. The Balaban J connectivity index is 1.51. The van der Waals surface area contributed by atoms with Crippen molar-refractivity contribution in [3.63, 3.8) is 0 Å². The summed E-state index contributed by atoms with van der Waals surface area (Å²) in [7, 11) is -1.53. The highest BCUT2D eigenvalue weighted by atomic mass is 32.2. The third kappa shape index (κ3) is 5.23. The summed E-state index contributed by atoms with van der Waals surface area (Å²) in [6.07, 6.45) is 2.71. The van der Waals surface area contributed by atoms with E-state index in [-0.39, 0.29) is 30.7 Å². The van der Waals surface area contributed by atoms with Crippen LogP contribution in [0.15, 0.2) is 48.7 Å². The molecular formula is C25H31N5O4S. The summed E-state index contributed by atoms with van der Waals surface area (Å²) in [6.45, 7) is 4.72. The van der Waals surface area contributed by atoms with Gasteiger partial charge in [-0.05, 0) is 38.0 Å². The molecular weight excluding hydrogens is 466 g/mol. The molecule has 1 aliphatic rings. The molecule has 0 saturated carbocycles. The van der Waals surface area contributed by atoms with Gasteiger partial charge in [-0.2, -0.15) is 4.31 Å². The monoisotopic (exact) mass is 497 g/mol. The lowest BCUT2D eigenvalue weighted by molar-refractivity contribution is -0.118. The van der Waals surface area contributed by atoms with E-state index in [0.717, 1.165) is 5.56 Å². The molecule has 2 amide bonds. The number of imidazole rings is 1. The van der Waals surface area contributed by atoms with Crippen molar-refractivity contribution in [3.05, 3.63) is 65.5 Å². The normalized spacial score (nSPS) is 14.9. The lowest BCUT2D eigenvalue weighted by Gasteiger charge is -2.33. The van der Waals surface area contributed by atoms with Crippen molar-refractivity contribution in [1.29, 1.82) is 0 Å². The molecule has 0 radical (unpaired) electrons. The molecule has 1 fully saturated rings. The summed E-state index contributed by atoms with van der Waals surface area (Å²) in [5, 5.41) is 0. The molecule has 9 nitrogen and oxygen atoms in total. The number of pyridine rings is 1. The first-order chi connectivity index (χ1) is 16.7. The number of anilines is 1. The molecule has 0 spiro atoms. The molecule has 10 heteroatoms. The molecule has 186 valence electrons. The number of hydrogen-bond donors (Lipinski definition) is 0. The number of fused-ring (bicyclic) bond motifs is 1. The average Bonchev–Trinajstić information content (AvgIpc) is 3.21. The Morgan fingerprint density at radius 2 is 1.71 bits per heavy atom. The van der Waals surface area contributed by atoms with Crippen LogP contribution >= 0.6 is 0 Å². The highest BCUT2D eigenvalue weighted by Gasteiger charge is 2.28. The van der Waals surface area contributed by atoms with Gasteiger partial charge in [0.25, 0.3) is 5.91 Å². The average molecular weight is 498 g/mol. The number of benzene rings is 1. The lowest BCUT2D eigenvalue weighted by atomic mass is 10.1. The maximum absolute atomic E-state index is 13.2. The van der Waals surface area contributed by atoms with Crippen molar-refractivity contribution in [1.82, 2.24) is 18.6 Å². The number of hydrogen-bond acceptors (Lipinski definition) is 5. The molecule has 2 aromatic heterocycles. The van der Waals surface area contributed by atoms with Gasteiger partial charge in [0, 0.05) is 45.8 Å². The summed E-state index contributed by atoms with van der Waals surface area (Å²) in [5.41, 5.74) is 2.91. The van der Waals surface area contributed by atoms with Gasteiger partial charge in [0.2, 0.25) is 15.9 Å². The summed E-state index contributed by atoms with van der Waals surface area (Å²) >= 11 is 0. The van der Waals surface area contributed by atoms with E-state index in [9.17, 15) is 18.0 Å². The first-order valence-corrected chi connectivity index (χ1v) is 13.4. The van der Waals surface area contributed by atoms with Crippen LogP contribution in [0.4, 0.5) is 5.82 Å². The fraction of sp³-hybridized carbons (Fsp3) is 0.400. The number of piperazine rings is 1. The zero-order valence-electron chi connectivity index (χ0n) is 20.3. The molecule has 1 aliphatic heterocycles. The summed E-state index contributed by atoms with van der Waals surface area (Å²) in [4.78, 5) is 34.0. The highest BCUT2D eigenvalue weighted by molar-refractivity contribution is 7.89. The number of carbonyl (C=O) groups excluding carboxylic acids is 2. The number of aryl methyl sites for hydroxylation is 2. The first-order valence-electron chi connectivity index (χ1n) is 11.8. The summed E-state index contributed by atoms with van der Waals surface area (Å²) < 4.78 is 27.4. The number of rotatable bonds is 7. The van der Waals surface area contributed by atoms with E-state index in [1.54, 1.807) is 46.5 Å². The number of sulfonamides is 1. The molecule has 3 heterocycles. The van der Waals surface area contributed by atoms with Crippen LogP contribution in [0.5, 0.6) is 0 Å². The largest absolute Gasteiger partial charge is 0.336 e. The number of carbonyl (C=O) groups is 2. The van der Waals surface area contributed by atoms with Crippen LogP contribution in [0, 0.1) is 6.92 Å². The Labute approximate surface area is 206 Å². The molecule has 0 atom stereocenters. The zero-order valence-corrected chi connectivity index (χ0v) is 21.2. The predicted molar refractivity (Wildman–Crippen MR) is 135 cm³/mol. The standard InChI is InChI=1S/C25H31N5O4S/c1-4-35(33,34)29-16-14-28(15-17-29)25(32)21-11-12-22-26-19(2)24(30(22)18-21)27(3)23(31)13-10-20-8-6-5-7-9-20/h5-9,11-12,18H,4,10,13-17H2,1-3H3. The SMILES string of the molecule is CCS(=O)(=O)N1CCN(C(=O)c2ccc3nc(C)c(N(C)C(=O)CCc4ccccc4)n3c2)CC1. The Morgan fingerprint density at radius 3 is 2.37 bits per heavy atom. The van der Waals surface area contributed by atoms with E-state index in [1.807, 2.05) is 37.3 Å². The van der Waals surface area contributed by atoms with Crippen LogP contribution in [-0.4, -0.2) is 77.8 Å². The fourth-order valence-electron chi connectivity index (χ4n) is 4.40. The van der Waals surface area contributed by atoms with Crippen molar-refractivity contribution >= 4 is 33.3 Å². The minimum atomic E-state index is -3.26. The van der Waals surface area contributed by atoms with Crippen molar-refractivity contribution in [3.8, 4) is 0 Å². The van der Waals surface area contributed by atoms with Crippen LogP contribution < -0.4 is 4.90 Å². The van der Waals surface area contributed by atoms with Gasteiger partial charge in [-0.3, -0.25) is 18.9 Å². The molecule has 1 saturated heterocycles. The minimum absolute atomic E-state index is 0.0382. The second-order valence-corrected chi connectivity index (χ2v) is 11.0. The second-order valence-electron chi connectivity index (χ2n) is 8.70. The van der Waals surface area contributed by atoms with Gasteiger partial charge >= 0.3 is 0 Å². The van der Waals surface area contributed by atoms with Crippen LogP contribution in [0.25, 0.3) is 5.65 Å². The fourth-order valence-corrected chi connectivity index (χ4v) is 5.48. The number of nitrogens with zero attached hydrogens (tertiary/aromatic N) is 5. The molecule has 0 unspecified atom stereocenters. The summed E-state index contributed by atoms with van der Waals surface area (Å²) in [5.74, 6) is 0.476. The zero-order chi connectivity index (χ0) is 25.2. The predicted octanol–water partition coefficient (Wildman–Crippen LogP) is 2.35. The van der Waals surface area contributed by atoms with E-state index in [0.29, 0.717) is 48.7 Å². The van der Waals surface area contributed by atoms with Crippen molar-refractivity contribution in [2.75, 3.05) is 43.9 Å². The first kappa shape index (κ1) is 24.9. The van der Waals surface area contributed by atoms with Crippen LogP contribution in [0.1, 0.15) is 35.0 Å². The molecule has 35 heavy (non-hydrogen) atoms. The highest BCUT2D eigenvalue weighted by Crippen LogP contribution is 2.23. The molecule has 3 aromatic rings. The van der Waals surface area contributed by atoms with Crippen molar-refractivity contribution < 1.29 is 18.0 Å². The van der Waals surface area contributed by atoms with E-state index in [4.69, 9.17) is 0 Å². The Morgan fingerprint density at radius 1 is 1.03 bits per heavy atom. The molecule has 0 bridgehead atoms. The number of aromatic nitrogens is 2. The summed E-state index contributed by atoms with van der Waals surface area (Å²) in [6, 6.07) is 13.4.